The van der Waals surface area contributed by atoms with Gasteiger partial charge < -0.3 is 15.5 Å². The van der Waals surface area contributed by atoms with Crippen molar-refractivity contribution in [3.8, 4) is 0 Å². The standard InChI is InChI=1S/C17H25N3O3S/c1-13-3-5-15(6-4-13)24(22,23)8-7-19-16(21)17-11-18-9-14(17)10-20(2)12-17/h3-6,14,18H,7-12H2,1-2H3,(H,19,21)/t14-,17-/m1/s1. The molecule has 6 nitrogen and oxygen atoms in total. The number of likely N-dealkylation sites (tertiary alicyclic amines) is 1. The Labute approximate surface area is 143 Å². The molecule has 2 atom stereocenters. The zero-order valence-electron chi connectivity index (χ0n) is 14.2. The van der Waals surface area contributed by atoms with Gasteiger partial charge in [0.1, 0.15) is 0 Å². The molecule has 0 radical (unpaired) electrons. The molecule has 1 aromatic rings. The highest BCUT2D eigenvalue weighted by molar-refractivity contribution is 7.91. The summed E-state index contributed by atoms with van der Waals surface area (Å²) in [5.74, 6) is 0.198. The predicted molar refractivity (Wildman–Crippen MR) is 92.5 cm³/mol. The zero-order chi connectivity index (χ0) is 17.4. The highest BCUT2D eigenvalue weighted by atomic mass is 32.2. The molecule has 0 aromatic heterocycles. The summed E-state index contributed by atoms with van der Waals surface area (Å²) in [6.07, 6.45) is 0. The molecule has 2 aliphatic heterocycles. The molecule has 2 N–H and O–H groups in total. The predicted octanol–water partition coefficient (Wildman–Crippen LogP) is 0.0361. The van der Waals surface area contributed by atoms with Gasteiger partial charge in [0.2, 0.25) is 5.91 Å². The summed E-state index contributed by atoms with van der Waals surface area (Å²) in [7, 11) is -1.35. The Balaban J connectivity index is 1.60. The summed E-state index contributed by atoms with van der Waals surface area (Å²) < 4.78 is 24.7. The van der Waals surface area contributed by atoms with Crippen molar-refractivity contribution in [1.82, 2.24) is 15.5 Å². The van der Waals surface area contributed by atoms with Crippen molar-refractivity contribution in [2.75, 3.05) is 45.5 Å². The van der Waals surface area contributed by atoms with Gasteiger partial charge in [-0.2, -0.15) is 0 Å². The minimum Gasteiger partial charge on any atom is -0.354 e. The molecule has 2 aliphatic rings. The number of amides is 1. The Morgan fingerprint density at radius 3 is 2.79 bits per heavy atom. The van der Waals surface area contributed by atoms with Crippen LogP contribution in [0.2, 0.25) is 0 Å². The highest BCUT2D eigenvalue weighted by Crippen LogP contribution is 2.38. The third-order valence-corrected chi connectivity index (χ3v) is 6.92. The Hall–Kier alpha value is -1.44. The van der Waals surface area contributed by atoms with E-state index in [2.05, 4.69) is 15.5 Å². The van der Waals surface area contributed by atoms with Crippen LogP contribution in [0.15, 0.2) is 29.2 Å². The average molecular weight is 351 g/mol. The van der Waals surface area contributed by atoms with E-state index in [1.165, 1.54) is 0 Å². The minimum atomic E-state index is -3.37. The quantitative estimate of drug-likeness (QED) is 0.783. The van der Waals surface area contributed by atoms with Gasteiger partial charge in [0.25, 0.3) is 0 Å². The van der Waals surface area contributed by atoms with Crippen molar-refractivity contribution in [3.05, 3.63) is 29.8 Å². The number of carbonyl (C=O) groups is 1. The molecule has 3 rings (SSSR count). The summed E-state index contributed by atoms with van der Waals surface area (Å²) in [4.78, 5) is 15.2. The monoisotopic (exact) mass is 351 g/mol. The van der Waals surface area contributed by atoms with Gasteiger partial charge in [-0.15, -0.1) is 0 Å². The first-order valence-corrected chi connectivity index (χ1v) is 9.96. The minimum absolute atomic E-state index is 0.0269. The van der Waals surface area contributed by atoms with Gasteiger partial charge in [0.05, 0.1) is 16.1 Å². The molecule has 1 amide bonds. The van der Waals surface area contributed by atoms with E-state index >= 15 is 0 Å². The maximum Gasteiger partial charge on any atom is 0.229 e. The van der Waals surface area contributed by atoms with Gasteiger partial charge in [-0.1, -0.05) is 17.7 Å². The van der Waals surface area contributed by atoms with E-state index in [1.54, 1.807) is 24.3 Å². The van der Waals surface area contributed by atoms with Crippen molar-refractivity contribution >= 4 is 15.7 Å². The second kappa shape index (κ2) is 6.46. The normalized spacial score (nSPS) is 27.2. The molecule has 7 heteroatoms. The molecule has 132 valence electrons. The molecule has 0 spiro atoms. The van der Waals surface area contributed by atoms with Crippen LogP contribution in [0.4, 0.5) is 0 Å². The fourth-order valence-corrected chi connectivity index (χ4v) is 4.99. The third kappa shape index (κ3) is 3.20. The summed E-state index contributed by atoms with van der Waals surface area (Å²) >= 11 is 0. The van der Waals surface area contributed by atoms with Gasteiger partial charge in [-0.05, 0) is 26.1 Å². The molecule has 0 unspecified atom stereocenters. The van der Waals surface area contributed by atoms with Crippen LogP contribution in [-0.4, -0.2) is 64.7 Å². The van der Waals surface area contributed by atoms with Gasteiger partial charge >= 0.3 is 0 Å². The van der Waals surface area contributed by atoms with E-state index in [-0.39, 0.29) is 18.2 Å². The van der Waals surface area contributed by atoms with Crippen LogP contribution >= 0.6 is 0 Å². The molecule has 1 aromatic carbocycles. The molecule has 0 aliphatic carbocycles. The van der Waals surface area contributed by atoms with Crippen molar-refractivity contribution in [1.29, 1.82) is 0 Å². The van der Waals surface area contributed by atoms with Crippen molar-refractivity contribution < 1.29 is 13.2 Å². The summed E-state index contributed by atoms with van der Waals surface area (Å²) in [5, 5.41) is 6.16. The van der Waals surface area contributed by atoms with Gasteiger partial charge in [-0.25, -0.2) is 8.42 Å². The number of carbonyl (C=O) groups excluding carboxylic acids is 1. The van der Waals surface area contributed by atoms with Crippen molar-refractivity contribution in [2.24, 2.45) is 11.3 Å². The molecular weight excluding hydrogens is 326 g/mol. The largest absolute Gasteiger partial charge is 0.354 e. The Bertz CT molecular complexity index is 717. The number of nitrogens with zero attached hydrogens (tertiary/aromatic N) is 1. The van der Waals surface area contributed by atoms with Crippen LogP contribution in [-0.2, 0) is 14.6 Å². The van der Waals surface area contributed by atoms with Crippen LogP contribution in [0.1, 0.15) is 5.56 Å². The lowest BCUT2D eigenvalue weighted by Crippen LogP contribution is -2.48. The molecule has 2 heterocycles. The van der Waals surface area contributed by atoms with Crippen LogP contribution in [0, 0.1) is 18.3 Å². The third-order valence-electron chi connectivity index (χ3n) is 5.19. The fraction of sp³-hybridized carbons (Fsp3) is 0.588. The molecular formula is C17H25N3O3S. The van der Waals surface area contributed by atoms with E-state index in [0.29, 0.717) is 17.4 Å². The lowest BCUT2D eigenvalue weighted by atomic mass is 9.80. The van der Waals surface area contributed by atoms with Crippen LogP contribution in [0.5, 0.6) is 0 Å². The topological polar surface area (TPSA) is 78.5 Å². The van der Waals surface area contributed by atoms with Crippen LogP contribution in [0.25, 0.3) is 0 Å². The smallest absolute Gasteiger partial charge is 0.229 e. The summed E-state index contributed by atoms with van der Waals surface area (Å²) in [6.45, 7) is 5.20. The number of hydrogen-bond donors (Lipinski definition) is 2. The fourth-order valence-electron chi connectivity index (χ4n) is 3.83. The lowest BCUT2D eigenvalue weighted by Gasteiger charge is -2.26. The van der Waals surface area contributed by atoms with E-state index in [1.807, 2.05) is 14.0 Å². The van der Waals surface area contributed by atoms with Crippen LogP contribution in [0.3, 0.4) is 0 Å². The second-order valence-electron chi connectivity index (χ2n) is 7.07. The van der Waals surface area contributed by atoms with Gasteiger partial charge in [0, 0.05) is 38.6 Å². The maximum absolute atomic E-state index is 12.7. The summed E-state index contributed by atoms with van der Waals surface area (Å²) in [5.41, 5.74) is 0.606. The Kier molecular flexibility index (Phi) is 4.68. The molecule has 2 fully saturated rings. The number of aryl methyl sites for hydroxylation is 1. The first-order chi connectivity index (χ1) is 11.3. The number of rotatable bonds is 5. The van der Waals surface area contributed by atoms with Crippen molar-refractivity contribution in [3.63, 3.8) is 0 Å². The highest BCUT2D eigenvalue weighted by Gasteiger charge is 2.53. The average Bonchev–Trinajstić information content (AvgIpc) is 3.04. The van der Waals surface area contributed by atoms with E-state index in [9.17, 15) is 13.2 Å². The maximum atomic E-state index is 12.7. The molecule has 24 heavy (non-hydrogen) atoms. The second-order valence-corrected chi connectivity index (χ2v) is 9.18. The number of fused-ring (bicyclic) bond motifs is 1. The van der Waals surface area contributed by atoms with E-state index in [0.717, 1.165) is 25.2 Å². The number of hydrogen-bond acceptors (Lipinski definition) is 5. The van der Waals surface area contributed by atoms with E-state index < -0.39 is 15.3 Å². The Morgan fingerprint density at radius 1 is 1.38 bits per heavy atom. The first kappa shape index (κ1) is 17.4. The SMILES string of the molecule is Cc1ccc(S(=O)(=O)CCNC(=O)[C@@]23CNC[C@@H]2CN(C)C3)cc1. The zero-order valence-corrected chi connectivity index (χ0v) is 15.0. The lowest BCUT2D eigenvalue weighted by molar-refractivity contribution is -0.130. The number of sulfone groups is 1. The Morgan fingerprint density at radius 2 is 2.08 bits per heavy atom. The molecule has 2 saturated heterocycles. The van der Waals surface area contributed by atoms with Crippen molar-refractivity contribution in [2.45, 2.75) is 11.8 Å². The van der Waals surface area contributed by atoms with Gasteiger partial charge in [0.15, 0.2) is 9.84 Å². The first-order valence-electron chi connectivity index (χ1n) is 8.30. The van der Waals surface area contributed by atoms with Gasteiger partial charge in [-0.3, -0.25) is 4.79 Å². The summed E-state index contributed by atoms with van der Waals surface area (Å²) in [6, 6.07) is 6.81. The molecule has 0 bridgehead atoms. The van der Waals surface area contributed by atoms with E-state index in [4.69, 9.17) is 0 Å². The number of nitrogens with one attached hydrogen (secondary N) is 2. The molecule has 0 saturated carbocycles. The number of benzene rings is 1. The van der Waals surface area contributed by atoms with Crippen LogP contribution < -0.4 is 10.6 Å².